The van der Waals surface area contributed by atoms with Gasteiger partial charge in [-0.05, 0) is 65.5 Å². The van der Waals surface area contributed by atoms with Crippen LogP contribution in [-0.4, -0.2) is 39.0 Å². The molecule has 0 saturated carbocycles. The summed E-state index contributed by atoms with van der Waals surface area (Å²) in [5.41, 5.74) is 2.47. The van der Waals surface area contributed by atoms with E-state index in [0.717, 1.165) is 13.1 Å². The molecule has 0 aliphatic carbocycles. The van der Waals surface area contributed by atoms with Gasteiger partial charge in [0.2, 0.25) is 0 Å². The standard InChI is InChI=1S/C19H31N3/c1-14-8-9-15(2)21(14)12-18-6-5-7-19(20-18)13-22-16(3)10-11-17(22)4/h5-7,14-17H,8-13H2,1-4H3/t14-,15-,16-,17-/m1/s1. The van der Waals surface area contributed by atoms with Crippen molar-refractivity contribution in [2.24, 2.45) is 0 Å². The molecule has 1 aromatic rings. The summed E-state index contributed by atoms with van der Waals surface area (Å²) in [6.45, 7) is 11.4. The molecule has 3 heterocycles. The van der Waals surface area contributed by atoms with Crippen molar-refractivity contribution in [1.29, 1.82) is 0 Å². The molecular weight excluding hydrogens is 270 g/mol. The van der Waals surface area contributed by atoms with Crippen LogP contribution in [-0.2, 0) is 13.1 Å². The first kappa shape index (κ1) is 15.9. The Kier molecular flexibility index (Phi) is 4.84. The van der Waals surface area contributed by atoms with Gasteiger partial charge in [-0.3, -0.25) is 14.8 Å². The lowest BCUT2D eigenvalue weighted by atomic mass is 10.2. The molecule has 0 unspecified atom stereocenters. The average Bonchev–Trinajstić information content (AvgIpc) is 2.98. The molecule has 1 aromatic heterocycles. The van der Waals surface area contributed by atoms with Gasteiger partial charge < -0.3 is 0 Å². The van der Waals surface area contributed by atoms with Gasteiger partial charge in [-0.25, -0.2) is 0 Å². The van der Waals surface area contributed by atoms with Gasteiger partial charge in [0.1, 0.15) is 0 Å². The van der Waals surface area contributed by atoms with Gasteiger partial charge >= 0.3 is 0 Å². The van der Waals surface area contributed by atoms with Crippen molar-refractivity contribution >= 4 is 0 Å². The second-order valence-electron chi connectivity index (χ2n) is 7.52. The Hall–Kier alpha value is -0.930. The molecule has 0 bridgehead atoms. The molecule has 2 aliphatic heterocycles. The smallest absolute Gasteiger partial charge is 0.0548 e. The highest BCUT2D eigenvalue weighted by Gasteiger charge is 2.29. The van der Waals surface area contributed by atoms with Crippen LogP contribution in [0.25, 0.3) is 0 Å². The number of hydrogen-bond acceptors (Lipinski definition) is 3. The fraction of sp³-hybridized carbons (Fsp3) is 0.737. The maximum Gasteiger partial charge on any atom is 0.0548 e. The highest BCUT2D eigenvalue weighted by Crippen LogP contribution is 2.27. The lowest BCUT2D eigenvalue weighted by molar-refractivity contribution is 0.196. The maximum absolute atomic E-state index is 4.95. The number of pyridine rings is 1. The molecule has 4 atom stereocenters. The summed E-state index contributed by atoms with van der Waals surface area (Å²) in [6, 6.07) is 9.35. The Morgan fingerprint density at radius 1 is 0.773 bits per heavy atom. The lowest BCUT2D eigenvalue weighted by Gasteiger charge is -2.27. The van der Waals surface area contributed by atoms with Crippen LogP contribution in [0.15, 0.2) is 18.2 Å². The monoisotopic (exact) mass is 301 g/mol. The molecule has 0 spiro atoms. The molecule has 0 aromatic carbocycles. The Morgan fingerprint density at radius 2 is 1.14 bits per heavy atom. The van der Waals surface area contributed by atoms with E-state index in [4.69, 9.17) is 4.98 Å². The summed E-state index contributed by atoms with van der Waals surface area (Å²) >= 11 is 0. The van der Waals surface area contributed by atoms with Crippen LogP contribution in [0, 0.1) is 0 Å². The van der Waals surface area contributed by atoms with Gasteiger partial charge in [-0.15, -0.1) is 0 Å². The first-order valence-corrected chi connectivity index (χ1v) is 9.01. The second-order valence-corrected chi connectivity index (χ2v) is 7.52. The summed E-state index contributed by atoms with van der Waals surface area (Å²) in [6.07, 6.45) is 5.29. The van der Waals surface area contributed by atoms with Crippen molar-refractivity contribution in [1.82, 2.24) is 14.8 Å². The van der Waals surface area contributed by atoms with E-state index >= 15 is 0 Å². The van der Waals surface area contributed by atoms with E-state index in [2.05, 4.69) is 55.7 Å². The molecule has 0 amide bonds. The maximum atomic E-state index is 4.95. The minimum Gasteiger partial charge on any atom is -0.292 e. The predicted octanol–water partition coefficient (Wildman–Crippen LogP) is 3.83. The second kappa shape index (κ2) is 6.67. The molecule has 2 fully saturated rings. The predicted molar refractivity (Wildman–Crippen MR) is 91.6 cm³/mol. The number of likely N-dealkylation sites (tertiary alicyclic amines) is 2. The summed E-state index contributed by atoms with van der Waals surface area (Å²) in [7, 11) is 0. The Morgan fingerprint density at radius 3 is 1.50 bits per heavy atom. The van der Waals surface area contributed by atoms with Crippen LogP contribution >= 0.6 is 0 Å². The van der Waals surface area contributed by atoms with Crippen LogP contribution in [0.3, 0.4) is 0 Å². The van der Waals surface area contributed by atoms with Crippen molar-refractivity contribution in [2.75, 3.05) is 0 Å². The fourth-order valence-electron chi connectivity index (χ4n) is 4.20. The van der Waals surface area contributed by atoms with E-state index in [0.29, 0.717) is 24.2 Å². The van der Waals surface area contributed by atoms with E-state index in [1.165, 1.54) is 37.1 Å². The van der Waals surface area contributed by atoms with Crippen molar-refractivity contribution in [2.45, 2.75) is 90.6 Å². The SMILES string of the molecule is C[C@@H]1CC[C@@H](C)N1Cc1cccc(CN2[C@H](C)CC[C@H]2C)n1. The van der Waals surface area contributed by atoms with Crippen LogP contribution in [0.5, 0.6) is 0 Å². The zero-order valence-corrected chi connectivity index (χ0v) is 14.6. The molecule has 2 aliphatic rings. The van der Waals surface area contributed by atoms with Gasteiger partial charge in [-0.2, -0.15) is 0 Å². The molecule has 3 nitrogen and oxygen atoms in total. The Labute approximate surface area is 135 Å². The van der Waals surface area contributed by atoms with Crippen molar-refractivity contribution in [3.05, 3.63) is 29.6 Å². The molecule has 2 saturated heterocycles. The van der Waals surface area contributed by atoms with Gasteiger partial charge in [0.15, 0.2) is 0 Å². The van der Waals surface area contributed by atoms with E-state index in [1.807, 2.05) is 0 Å². The normalized spacial score (nSPS) is 33.6. The third kappa shape index (κ3) is 3.36. The van der Waals surface area contributed by atoms with Gasteiger partial charge in [-0.1, -0.05) is 6.07 Å². The molecule has 0 radical (unpaired) electrons. The van der Waals surface area contributed by atoms with Crippen LogP contribution in [0.4, 0.5) is 0 Å². The molecule has 122 valence electrons. The van der Waals surface area contributed by atoms with Crippen LogP contribution in [0.1, 0.15) is 64.8 Å². The van der Waals surface area contributed by atoms with Crippen LogP contribution < -0.4 is 0 Å². The van der Waals surface area contributed by atoms with Crippen molar-refractivity contribution in [3.8, 4) is 0 Å². The zero-order valence-electron chi connectivity index (χ0n) is 14.6. The first-order chi connectivity index (χ1) is 10.5. The van der Waals surface area contributed by atoms with Gasteiger partial charge in [0.05, 0.1) is 11.4 Å². The fourth-order valence-corrected chi connectivity index (χ4v) is 4.20. The van der Waals surface area contributed by atoms with Crippen LogP contribution in [0.2, 0.25) is 0 Å². The average molecular weight is 301 g/mol. The number of aromatic nitrogens is 1. The minimum atomic E-state index is 0.694. The van der Waals surface area contributed by atoms with Crippen molar-refractivity contribution < 1.29 is 0 Å². The number of hydrogen-bond donors (Lipinski definition) is 0. The third-order valence-electron chi connectivity index (χ3n) is 5.82. The van der Waals surface area contributed by atoms with Gasteiger partial charge in [0, 0.05) is 37.3 Å². The van der Waals surface area contributed by atoms with E-state index in [9.17, 15) is 0 Å². The van der Waals surface area contributed by atoms with Crippen molar-refractivity contribution in [3.63, 3.8) is 0 Å². The molecule has 3 heteroatoms. The van der Waals surface area contributed by atoms with E-state index in [-0.39, 0.29) is 0 Å². The van der Waals surface area contributed by atoms with Gasteiger partial charge in [0.25, 0.3) is 0 Å². The molecule has 0 N–H and O–H groups in total. The Balaban J connectivity index is 1.67. The van der Waals surface area contributed by atoms with E-state index in [1.54, 1.807) is 0 Å². The first-order valence-electron chi connectivity index (χ1n) is 9.01. The summed E-state index contributed by atoms with van der Waals surface area (Å²) in [5.74, 6) is 0. The largest absolute Gasteiger partial charge is 0.292 e. The number of rotatable bonds is 4. The summed E-state index contributed by atoms with van der Waals surface area (Å²) < 4.78 is 0. The lowest BCUT2D eigenvalue weighted by Crippen LogP contribution is -2.33. The third-order valence-corrected chi connectivity index (χ3v) is 5.82. The molecular formula is C19H31N3. The van der Waals surface area contributed by atoms with E-state index < -0.39 is 0 Å². The zero-order chi connectivity index (χ0) is 15.7. The highest BCUT2D eigenvalue weighted by molar-refractivity contribution is 5.12. The summed E-state index contributed by atoms with van der Waals surface area (Å²) in [5, 5.41) is 0. The number of nitrogens with zero attached hydrogens (tertiary/aromatic N) is 3. The topological polar surface area (TPSA) is 19.4 Å². The molecule has 3 rings (SSSR count). The highest BCUT2D eigenvalue weighted by atomic mass is 15.2. The quantitative estimate of drug-likeness (QED) is 0.842. The Bertz CT molecular complexity index is 440. The molecule has 22 heavy (non-hydrogen) atoms. The minimum absolute atomic E-state index is 0.694. The summed E-state index contributed by atoms with van der Waals surface area (Å²) in [4.78, 5) is 10.2.